The van der Waals surface area contributed by atoms with E-state index < -0.39 is 11.7 Å². The van der Waals surface area contributed by atoms with Crippen molar-refractivity contribution in [3.63, 3.8) is 0 Å². The molecule has 28 heavy (non-hydrogen) atoms. The highest BCUT2D eigenvalue weighted by atomic mass is 16.6. The molecular formula is C23H21N3O2. The fourth-order valence-corrected chi connectivity index (χ4v) is 3.55. The number of carbonyl (C=O) groups is 1. The van der Waals surface area contributed by atoms with Gasteiger partial charge in [0.2, 0.25) is 0 Å². The molecule has 0 unspecified atom stereocenters. The Morgan fingerprint density at radius 2 is 1.96 bits per heavy atom. The average molecular weight is 371 g/mol. The van der Waals surface area contributed by atoms with Gasteiger partial charge in [0.25, 0.3) is 0 Å². The Labute approximate surface area is 163 Å². The molecule has 0 amide bonds. The lowest BCUT2D eigenvalue weighted by molar-refractivity contribution is 0.0541. The zero-order valence-electron chi connectivity index (χ0n) is 16.1. The fourth-order valence-electron chi connectivity index (χ4n) is 3.55. The molecule has 0 atom stereocenters. The quantitative estimate of drug-likeness (QED) is 0.515. The molecular weight excluding hydrogens is 350 g/mol. The number of nitrogens with one attached hydrogen (secondary N) is 1. The molecule has 2 aromatic carbocycles. The molecule has 0 aliphatic carbocycles. The topological polar surface area (TPSA) is 70.8 Å². The molecule has 2 heterocycles. The first-order chi connectivity index (χ1) is 13.4. The van der Waals surface area contributed by atoms with Crippen LogP contribution in [0.1, 0.15) is 37.6 Å². The van der Waals surface area contributed by atoms with Gasteiger partial charge in [-0.3, -0.25) is 0 Å². The second-order valence-corrected chi connectivity index (χ2v) is 7.84. The molecule has 0 bridgehead atoms. The van der Waals surface area contributed by atoms with E-state index in [0.29, 0.717) is 12.0 Å². The zero-order chi connectivity index (χ0) is 19.9. The standard InChI is InChI=1S/C23H21N3O2/c1-23(2,3)28-22(27)26-18(11-15-7-4-5-10-20(15)26)12-17-14-25-19-9-6-8-16(13-24)21(17)19/h4-11,14,25H,12H2,1-3H3. The number of fused-ring (bicyclic) bond motifs is 2. The normalized spacial score (nSPS) is 11.6. The number of hydrogen-bond donors (Lipinski definition) is 1. The van der Waals surface area contributed by atoms with Crippen LogP contribution in [-0.2, 0) is 11.2 Å². The van der Waals surface area contributed by atoms with Crippen LogP contribution < -0.4 is 0 Å². The van der Waals surface area contributed by atoms with Gasteiger partial charge in [-0.1, -0.05) is 24.3 Å². The molecule has 5 nitrogen and oxygen atoms in total. The molecule has 0 spiro atoms. The van der Waals surface area contributed by atoms with Crippen LogP contribution in [0.3, 0.4) is 0 Å². The van der Waals surface area contributed by atoms with Crippen molar-refractivity contribution in [3.8, 4) is 6.07 Å². The van der Waals surface area contributed by atoms with E-state index in [4.69, 9.17) is 4.74 Å². The Bertz CT molecular complexity index is 1230. The Morgan fingerprint density at radius 3 is 2.71 bits per heavy atom. The third-order valence-corrected chi connectivity index (χ3v) is 4.64. The van der Waals surface area contributed by atoms with Gasteiger partial charge in [0.1, 0.15) is 5.60 Å². The van der Waals surface area contributed by atoms with Crippen LogP contribution in [0.15, 0.2) is 54.7 Å². The summed E-state index contributed by atoms with van der Waals surface area (Å²) in [6.45, 7) is 5.57. The minimum Gasteiger partial charge on any atom is -0.443 e. The summed E-state index contributed by atoms with van der Waals surface area (Å²) in [6.07, 6.45) is 2.01. The number of para-hydroxylation sites is 1. The summed E-state index contributed by atoms with van der Waals surface area (Å²) in [4.78, 5) is 16.2. The minimum atomic E-state index is -0.589. The maximum absolute atomic E-state index is 13.0. The van der Waals surface area contributed by atoms with Crippen molar-refractivity contribution in [3.05, 3.63) is 71.5 Å². The first-order valence-electron chi connectivity index (χ1n) is 9.19. The van der Waals surface area contributed by atoms with E-state index in [9.17, 15) is 10.1 Å². The SMILES string of the molecule is CC(C)(C)OC(=O)n1c(Cc2c[nH]c3cccc(C#N)c23)cc2ccccc21. The van der Waals surface area contributed by atoms with Crippen molar-refractivity contribution < 1.29 is 9.53 Å². The number of H-pyrrole nitrogens is 1. The average Bonchev–Trinajstić information content (AvgIpc) is 3.21. The predicted molar refractivity (Wildman–Crippen MR) is 109 cm³/mol. The first-order valence-corrected chi connectivity index (χ1v) is 9.19. The second-order valence-electron chi connectivity index (χ2n) is 7.84. The molecule has 4 rings (SSSR count). The van der Waals surface area contributed by atoms with Crippen LogP contribution in [0.25, 0.3) is 21.8 Å². The third kappa shape index (κ3) is 3.14. The summed E-state index contributed by atoms with van der Waals surface area (Å²) < 4.78 is 7.28. The van der Waals surface area contributed by atoms with Crippen LogP contribution >= 0.6 is 0 Å². The summed E-state index contributed by atoms with van der Waals surface area (Å²) in [5.74, 6) is 0. The number of carbonyl (C=O) groups excluding carboxylic acids is 1. The smallest absolute Gasteiger partial charge is 0.419 e. The highest BCUT2D eigenvalue weighted by Gasteiger charge is 2.22. The predicted octanol–water partition coefficient (Wildman–Crippen LogP) is 5.37. The van der Waals surface area contributed by atoms with Crippen LogP contribution in [0.5, 0.6) is 0 Å². The Morgan fingerprint density at radius 1 is 1.18 bits per heavy atom. The third-order valence-electron chi connectivity index (χ3n) is 4.64. The van der Waals surface area contributed by atoms with Gasteiger partial charge in [-0.05, 0) is 50.6 Å². The van der Waals surface area contributed by atoms with Gasteiger partial charge in [-0.15, -0.1) is 0 Å². The lowest BCUT2D eigenvalue weighted by Crippen LogP contribution is -2.28. The summed E-state index contributed by atoms with van der Waals surface area (Å²) in [6, 6.07) is 17.6. The number of nitrogens with zero attached hydrogens (tertiary/aromatic N) is 2. The van der Waals surface area contributed by atoms with E-state index in [0.717, 1.165) is 33.1 Å². The molecule has 0 saturated carbocycles. The van der Waals surface area contributed by atoms with Crippen LogP contribution in [0.2, 0.25) is 0 Å². The minimum absolute atomic E-state index is 0.399. The number of ether oxygens (including phenoxy) is 1. The van der Waals surface area contributed by atoms with Gasteiger partial charge >= 0.3 is 6.09 Å². The Kier molecular flexibility index (Phi) is 4.20. The summed E-state index contributed by atoms with van der Waals surface area (Å²) >= 11 is 0. The molecule has 0 aliphatic rings. The summed E-state index contributed by atoms with van der Waals surface area (Å²) in [5, 5.41) is 11.4. The Balaban J connectivity index is 1.85. The maximum atomic E-state index is 13.0. The molecule has 0 fully saturated rings. The van der Waals surface area contributed by atoms with Crippen LogP contribution in [0, 0.1) is 11.3 Å². The van der Waals surface area contributed by atoms with E-state index in [1.54, 1.807) is 4.57 Å². The molecule has 0 radical (unpaired) electrons. The maximum Gasteiger partial charge on any atom is 0.419 e. The van der Waals surface area contributed by atoms with E-state index in [2.05, 4.69) is 11.1 Å². The van der Waals surface area contributed by atoms with Gasteiger partial charge in [0.05, 0.1) is 17.1 Å². The van der Waals surface area contributed by atoms with Crippen molar-refractivity contribution in [2.24, 2.45) is 0 Å². The largest absolute Gasteiger partial charge is 0.443 e. The summed E-state index contributed by atoms with van der Waals surface area (Å²) in [5.41, 5.74) is 3.55. The molecule has 5 heteroatoms. The molecule has 0 saturated heterocycles. The molecule has 1 N–H and O–H groups in total. The van der Waals surface area contributed by atoms with Crippen molar-refractivity contribution in [1.29, 1.82) is 5.26 Å². The van der Waals surface area contributed by atoms with Crippen molar-refractivity contribution in [2.45, 2.75) is 32.8 Å². The van der Waals surface area contributed by atoms with Gasteiger partial charge in [-0.25, -0.2) is 9.36 Å². The molecule has 0 aliphatic heterocycles. The van der Waals surface area contributed by atoms with E-state index in [1.807, 2.05) is 75.5 Å². The van der Waals surface area contributed by atoms with E-state index >= 15 is 0 Å². The van der Waals surface area contributed by atoms with Gasteiger partial charge in [0.15, 0.2) is 0 Å². The number of aromatic nitrogens is 2. The Hall–Kier alpha value is -3.52. The second kappa shape index (κ2) is 6.58. The van der Waals surface area contributed by atoms with Crippen molar-refractivity contribution in [2.75, 3.05) is 0 Å². The highest BCUT2D eigenvalue weighted by Crippen LogP contribution is 2.28. The number of hydrogen-bond acceptors (Lipinski definition) is 3. The summed E-state index contributed by atoms with van der Waals surface area (Å²) in [7, 11) is 0. The molecule has 140 valence electrons. The van der Waals surface area contributed by atoms with Gasteiger partial charge in [-0.2, -0.15) is 5.26 Å². The fraction of sp³-hybridized carbons (Fsp3) is 0.217. The number of benzene rings is 2. The number of nitriles is 1. The molecule has 4 aromatic rings. The zero-order valence-corrected chi connectivity index (χ0v) is 16.1. The number of aromatic amines is 1. The lowest BCUT2D eigenvalue weighted by Gasteiger charge is -2.21. The monoisotopic (exact) mass is 371 g/mol. The van der Waals surface area contributed by atoms with Crippen LogP contribution in [-0.4, -0.2) is 21.2 Å². The van der Waals surface area contributed by atoms with Gasteiger partial charge in [0, 0.05) is 34.6 Å². The first kappa shape index (κ1) is 17.9. The van der Waals surface area contributed by atoms with Gasteiger partial charge < -0.3 is 9.72 Å². The van der Waals surface area contributed by atoms with E-state index in [-0.39, 0.29) is 0 Å². The number of rotatable bonds is 2. The van der Waals surface area contributed by atoms with E-state index in [1.165, 1.54) is 0 Å². The van der Waals surface area contributed by atoms with Crippen molar-refractivity contribution >= 4 is 27.9 Å². The molecule has 2 aromatic heterocycles. The van der Waals surface area contributed by atoms with Crippen LogP contribution in [0.4, 0.5) is 4.79 Å². The lowest BCUT2D eigenvalue weighted by atomic mass is 10.0. The highest BCUT2D eigenvalue weighted by molar-refractivity contribution is 5.92. The van der Waals surface area contributed by atoms with Crippen molar-refractivity contribution in [1.82, 2.24) is 9.55 Å².